The van der Waals surface area contributed by atoms with Gasteiger partial charge in [0.2, 0.25) is 5.91 Å². The van der Waals surface area contributed by atoms with Crippen molar-refractivity contribution in [2.45, 2.75) is 39.7 Å². The van der Waals surface area contributed by atoms with Crippen molar-refractivity contribution in [3.63, 3.8) is 0 Å². The summed E-state index contributed by atoms with van der Waals surface area (Å²) in [5, 5.41) is 7.56. The lowest BCUT2D eigenvalue weighted by atomic mass is 9.93. The van der Waals surface area contributed by atoms with Crippen LogP contribution < -0.4 is 5.32 Å². The topological polar surface area (TPSA) is 50.2 Å². The summed E-state index contributed by atoms with van der Waals surface area (Å²) in [7, 11) is 1.99. The van der Waals surface area contributed by atoms with Crippen LogP contribution in [0.1, 0.15) is 30.7 Å². The molecule has 5 nitrogen and oxygen atoms in total. The summed E-state index contributed by atoms with van der Waals surface area (Å²) in [5.74, 6) is 0.962. The van der Waals surface area contributed by atoms with Crippen LogP contribution in [0.25, 0.3) is 0 Å². The van der Waals surface area contributed by atoms with E-state index in [1.807, 2.05) is 36.5 Å². The zero-order valence-electron chi connectivity index (χ0n) is 12.9. The van der Waals surface area contributed by atoms with Gasteiger partial charge in [0.05, 0.1) is 5.69 Å². The van der Waals surface area contributed by atoms with Crippen LogP contribution in [0.4, 0.5) is 0 Å². The Morgan fingerprint density at radius 3 is 2.65 bits per heavy atom. The maximum Gasteiger partial charge on any atom is 0.244 e. The second-order valence-corrected chi connectivity index (χ2v) is 5.80. The van der Waals surface area contributed by atoms with Crippen molar-refractivity contribution in [3.8, 4) is 0 Å². The van der Waals surface area contributed by atoms with E-state index in [0.29, 0.717) is 6.54 Å². The summed E-state index contributed by atoms with van der Waals surface area (Å²) in [6.07, 6.45) is 3.48. The Hall–Kier alpha value is -1.36. The van der Waals surface area contributed by atoms with Crippen LogP contribution in [0, 0.1) is 19.8 Å². The molecule has 112 valence electrons. The highest BCUT2D eigenvalue weighted by atomic mass is 16.2. The summed E-state index contributed by atoms with van der Waals surface area (Å²) >= 11 is 0. The molecule has 1 aromatic heterocycles. The summed E-state index contributed by atoms with van der Waals surface area (Å²) in [6.45, 7) is 7.20. The number of likely N-dealkylation sites (tertiary alicyclic amines) is 1. The van der Waals surface area contributed by atoms with E-state index in [-0.39, 0.29) is 5.91 Å². The van der Waals surface area contributed by atoms with Gasteiger partial charge in [0.1, 0.15) is 6.54 Å². The molecule has 1 fully saturated rings. The Morgan fingerprint density at radius 2 is 2.10 bits per heavy atom. The quantitative estimate of drug-likeness (QED) is 0.884. The summed E-state index contributed by atoms with van der Waals surface area (Å²) in [6, 6.07) is 2.01. The van der Waals surface area contributed by atoms with E-state index in [1.165, 1.54) is 6.42 Å². The molecule has 0 bridgehead atoms. The number of piperidine rings is 1. The molecule has 0 aliphatic carbocycles. The third kappa shape index (κ3) is 3.82. The SMILES string of the molecule is CNCCC1CCN(C(=O)Cn2nc(C)cc2C)CC1. The molecule has 0 radical (unpaired) electrons. The van der Waals surface area contributed by atoms with Crippen molar-refractivity contribution in [3.05, 3.63) is 17.5 Å². The van der Waals surface area contributed by atoms with Gasteiger partial charge in [-0.25, -0.2) is 0 Å². The lowest BCUT2D eigenvalue weighted by Crippen LogP contribution is -2.40. The third-order valence-electron chi connectivity index (χ3n) is 4.16. The molecule has 1 aromatic rings. The van der Waals surface area contributed by atoms with Crippen LogP contribution in [-0.2, 0) is 11.3 Å². The number of rotatable bonds is 5. The molecule has 1 N–H and O–H groups in total. The van der Waals surface area contributed by atoms with Gasteiger partial charge >= 0.3 is 0 Å². The second kappa shape index (κ2) is 6.88. The number of nitrogens with one attached hydrogen (secondary N) is 1. The Bertz CT molecular complexity index is 447. The molecule has 0 saturated carbocycles. The number of hydrogen-bond donors (Lipinski definition) is 1. The first-order valence-corrected chi connectivity index (χ1v) is 7.53. The van der Waals surface area contributed by atoms with Crippen LogP contribution >= 0.6 is 0 Å². The Labute approximate surface area is 121 Å². The van der Waals surface area contributed by atoms with E-state index in [9.17, 15) is 4.79 Å². The molecule has 1 saturated heterocycles. The highest BCUT2D eigenvalue weighted by molar-refractivity contribution is 5.76. The number of carbonyl (C=O) groups excluding carboxylic acids is 1. The lowest BCUT2D eigenvalue weighted by molar-refractivity contribution is -0.133. The minimum atomic E-state index is 0.197. The molecule has 0 spiro atoms. The zero-order chi connectivity index (χ0) is 14.5. The molecule has 2 rings (SSSR count). The van der Waals surface area contributed by atoms with Gasteiger partial charge in [0, 0.05) is 18.8 Å². The first-order valence-electron chi connectivity index (χ1n) is 7.53. The van der Waals surface area contributed by atoms with Crippen LogP contribution in [0.2, 0.25) is 0 Å². The van der Waals surface area contributed by atoms with Crippen molar-refractivity contribution >= 4 is 5.91 Å². The van der Waals surface area contributed by atoms with Gasteiger partial charge in [-0.05, 0) is 58.7 Å². The first kappa shape index (κ1) is 15.0. The number of amides is 1. The standard InChI is InChI=1S/C15H26N4O/c1-12-10-13(2)19(17-12)11-15(20)18-8-5-14(6-9-18)4-7-16-3/h10,14,16H,4-9,11H2,1-3H3. The highest BCUT2D eigenvalue weighted by Gasteiger charge is 2.22. The predicted octanol–water partition coefficient (Wildman–Crippen LogP) is 1.35. The summed E-state index contributed by atoms with van der Waals surface area (Å²) in [4.78, 5) is 14.3. The monoisotopic (exact) mass is 278 g/mol. The zero-order valence-corrected chi connectivity index (χ0v) is 12.9. The smallest absolute Gasteiger partial charge is 0.244 e. The van der Waals surface area contributed by atoms with E-state index in [0.717, 1.165) is 49.8 Å². The normalized spacial score (nSPS) is 16.6. The van der Waals surface area contributed by atoms with Crippen molar-refractivity contribution in [2.75, 3.05) is 26.7 Å². The largest absolute Gasteiger partial charge is 0.341 e. The fourth-order valence-electron chi connectivity index (χ4n) is 2.88. The molecule has 1 aliphatic heterocycles. The van der Waals surface area contributed by atoms with Gasteiger partial charge in [-0.3, -0.25) is 9.48 Å². The van der Waals surface area contributed by atoms with Gasteiger partial charge in [-0.15, -0.1) is 0 Å². The van der Waals surface area contributed by atoms with Crippen LogP contribution in [0.5, 0.6) is 0 Å². The Kier molecular flexibility index (Phi) is 5.17. The summed E-state index contributed by atoms with van der Waals surface area (Å²) in [5.41, 5.74) is 2.03. The molecule has 0 unspecified atom stereocenters. The minimum absolute atomic E-state index is 0.197. The van der Waals surface area contributed by atoms with Gasteiger partial charge < -0.3 is 10.2 Å². The fraction of sp³-hybridized carbons (Fsp3) is 0.733. The van der Waals surface area contributed by atoms with Crippen molar-refractivity contribution < 1.29 is 4.79 Å². The van der Waals surface area contributed by atoms with E-state index >= 15 is 0 Å². The lowest BCUT2D eigenvalue weighted by Gasteiger charge is -2.32. The number of hydrogen-bond acceptors (Lipinski definition) is 3. The van der Waals surface area contributed by atoms with Gasteiger partial charge in [-0.1, -0.05) is 0 Å². The van der Waals surface area contributed by atoms with Crippen LogP contribution in [0.3, 0.4) is 0 Å². The predicted molar refractivity (Wildman–Crippen MR) is 79.5 cm³/mol. The number of nitrogens with zero attached hydrogens (tertiary/aromatic N) is 3. The van der Waals surface area contributed by atoms with E-state index < -0.39 is 0 Å². The third-order valence-corrected chi connectivity index (χ3v) is 4.16. The van der Waals surface area contributed by atoms with Gasteiger partial charge in [0.15, 0.2) is 0 Å². The van der Waals surface area contributed by atoms with Crippen molar-refractivity contribution in [1.29, 1.82) is 0 Å². The number of aromatic nitrogens is 2. The molecule has 1 amide bonds. The highest BCUT2D eigenvalue weighted by Crippen LogP contribution is 2.20. The maximum absolute atomic E-state index is 12.3. The average molecular weight is 278 g/mol. The Morgan fingerprint density at radius 1 is 1.40 bits per heavy atom. The average Bonchev–Trinajstić information content (AvgIpc) is 2.75. The molecule has 20 heavy (non-hydrogen) atoms. The summed E-state index contributed by atoms with van der Waals surface area (Å²) < 4.78 is 1.81. The first-order chi connectivity index (χ1) is 9.60. The van der Waals surface area contributed by atoms with Crippen molar-refractivity contribution in [1.82, 2.24) is 20.0 Å². The molecule has 2 heterocycles. The van der Waals surface area contributed by atoms with Gasteiger partial charge in [-0.2, -0.15) is 5.10 Å². The van der Waals surface area contributed by atoms with E-state index in [1.54, 1.807) is 0 Å². The molecule has 1 aliphatic rings. The Balaban J connectivity index is 1.81. The number of carbonyl (C=O) groups is 1. The second-order valence-electron chi connectivity index (χ2n) is 5.80. The molecule has 5 heteroatoms. The van der Waals surface area contributed by atoms with Gasteiger partial charge in [0.25, 0.3) is 0 Å². The molecule has 0 aromatic carbocycles. The van der Waals surface area contributed by atoms with E-state index in [4.69, 9.17) is 0 Å². The molecule has 0 atom stereocenters. The minimum Gasteiger partial charge on any atom is -0.341 e. The van der Waals surface area contributed by atoms with Crippen molar-refractivity contribution in [2.24, 2.45) is 5.92 Å². The molecular formula is C15H26N4O. The van der Waals surface area contributed by atoms with E-state index in [2.05, 4.69) is 10.4 Å². The number of aryl methyl sites for hydroxylation is 2. The molecular weight excluding hydrogens is 252 g/mol. The van der Waals surface area contributed by atoms with Crippen LogP contribution in [0.15, 0.2) is 6.07 Å². The van der Waals surface area contributed by atoms with Crippen LogP contribution in [-0.4, -0.2) is 47.3 Å². The maximum atomic E-state index is 12.3. The fourth-order valence-corrected chi connectivity index (χ4v) is 2.88.